The Morgan fingerprint density at radius 3 is 2.39 bits per heavy atom. The number of carbonyl (C=O) groups excluding carboxylic acids is 1. The number of benzene rings is 1. The topological polar surface area (TPSA) is 80.3 Å². The van der Waals surface area contributed by atoms with Crippen molar-refractivity contribution in [2.24, 2.45) is 0 Å². The van der Waals surface area contributed by atoms with Crippen LogP contribution in [0.5, 0.6) is 11.5 Å². The molecular weight excluding hydrogens is 398 g/mol. The molecule has 0 spiro atoms. The highest BCUT2D eigenvalue weighted by Crippen LogP contribution is 2.31. The molecule has 0 bridgehead atoms. The maximum atomic E-state index is 13.1. The summed E-state index contributed by atoms with van der Waals surface area (Å²) >= 11 is 0. The number of hydrogen-bond donors (Lipinski definition) is 0. The first-order chi connectivity index (χ1) is 15.1. The second-order valence-electron chi connectivity index (χ2n) is 7.59. The van der Waals surface area contributed by atoms with Gasteiger partial charge in [-0.15, -0.1) is 0 Å². The smallest absolute Gasteiger partial charge is 0.257 e. The van der Waals surface area contributed by atoms with Crippen molar-refractivity contribution in [1.82, 2.24) is 14.9 Å². The Bertz CT molecular complexity index is 924. The SMILES string of the molecule is COc1cccc(C(=O)N2CCN(c3nc(C)cc(N4CCOCC4)n3)CC2)c1OC. The Labute approximate surface area is 182 Å². The fraction of sp³-hybridized carbons (Fsp3) is 0.500. The minimum Gasteiger partial charge on any atom is -0.493 e. The van der Waals surface area contributed by atoms with Crippen molar-refractivity contribution in [2.45, 2.75) is 6.92 Å². The van der Waals surface area contributed by atoms with E-state index in [0.717, 1.165) is 24.6 Å². The maximum Gasteiger partial charge on any atom is 0.257 e. The Morgan fingerprint density at radius 1 is 0.968 bits per heavy atom. The van der Waals surface area contributed by atoms with Crippen molar-refractivity contribution < 1.29 is 19.0 Å². The lowest BCUT2D eigenvalue weighted by Crippen LogP contribution is -2.49. The normalized spacial score (nSPS) is 16.9. The summed E-state index contributed by atoms with van der Waals surface area (Å²) in [6, 6.07) is 7.38. The van der Waals surface area contributed by atoms with E-state index in [1.165, 1.54) is 0 Å². The van der Waals surface area contributed by atoms with Crippen molar-refractivity contribution in [3.8, 4) is 11.5 Å². The van der Waals surface area contributed by atoms with E-state index in [0.29, 0.717) is 62.4 Å². The molecule has 2 saturated heterocycles. The number of rotatable bonds is 5. The molecule has 1 aromatic heterocycles. The van der Waals surface area contributed by atoms with Crippen LogP contribution in [-0.4, -0.2) is 87.5 Å². The minimum absolute atomic E-state index is 0.0606. The molecule has 0 radical (unpaired) electrons. The molecule has 166 valence electrons. The summed E-state index contributed by atoms with van der Waals surface area (Å²) in [6.07, 6.45) is 0. The summed E-state index contributed by atoms with van der Waals surface area (Å²) in [5.41, 5.74) is 1.45. The predicted molar refractivity (Wildman–Crippen MR) is 117 cm³/mol. The summed E-state index contributed by atoms with van der Waals surface area (Å²) in [5.74, 6) is 2.61. The van der Waals surface area contributed by atoms with Gasteiger partial charge in [0, 0.05) is 51.0 Å². The Balaban J connectivity index is 1.46. The zero-order valence-electron chi connectivity index (χ0n) is 18.3. The van der Waals surface area contributed by atoms with Crippen LogP contribution in [0.1, 0.15) is 16.1 Å². The number of para-hydroxylation sites is 1. The Hall–Kier alpha value is -3.07. The first kappa shape index (κ1) is 21.2. The molecule has 9 nitrogen and oxygen atoms in total. The highest BCUT2D eigenvalue weighted by atomic mass is 16.5. The standard InChI is InChI=1S/C22H29N5O4/c1-16-15-19(25-11-13-31-14-12-25)24-22(23-16)27-9-7-26(8-10-27)21(28)17-5-4-6-18(29-2)20(17)30-3/h4-6,15H,7-14H2,1-3H3. The van der Waals surface area contributed by atoms with Gasteiger partial charge in [-0.25, -0.2) is 4.98 Å². The molecule has 0 atom stereocenters. The molecule has 2 aromatic rings. The van der Waals surface area contributed by atoms with Crippen LogP contribution < -0.4 is 19.3 Å². The van der Waals surface area contributed by atoms with Gasteiger partial charge in [-0.2, -0.15) is 4.98 Å². The van der Waals surface area contributed by atoms with Crippen molar-refractivity contribution in [3.05, 3.63) is 35.5 Å². The van der Waals surface area contributed by atoms with Crippen LogP contribution in [-0.2, 0) is 4.74 Å². The number of hydrogen-bond acceptors (Lipinski definition) is 8. The minimum atomic E-state index is -0.0606. The number of carbonyl (C=O) groups is 1. The van der Waals surface area contributed by atoms with Crippen LogP contribution in [0.3, 0.4) is 0 Å². The first-order valence-corrected chi connectivity index (χ1v) is 10.5. The molecule has 2 fully saturated rings. The van der Waals surface area contributed by atoms with Crippen LogP contribution in [0.4, 0.5) is 11.8 Å². The number of amides is 1. The lowest BCUT2D eigenvalue weighted by Gasteiger charge is -2.35. The van der Waals surface area contributed by atoms with Gasteiger partial charge in [-0.1, -0.05) is 6.07 Å². The number of piperazine rings is 1. The van der Waals surface area contributed by atoms with E-state index in [1.807, 2.05) is 17.9 Å². The summed E-state index contributed by atoms with van der Waals surface area (Å²) < 4.78 is 16.2. The van der Waals surface area contributed by atoms with Crippen molar-refractivity contribution in [2.75, 3.05) is 76.5 Å². The molecule has 2 aliphatic rings. The van der Waals surface area contributed by atoms with Crippen LogP contribution in [0.25, 0.3) is 0 Å². The number of aromatic nitrogens is 2. The van der Waals surface area contributed by atoms with Gasteiger partial charge in [0.1, 0.15) is 5.82 Å². The molecule has 3 heterocycles. The predicted octanol–water partition coefficient (Wildman–Crippen LogP) is 1.60. The molecule has 0 N–H and O–H groups in total. The third-order valence-electron chi connectivity index (χ3n) is 5.65. The number of nitrogens with zero attached hydrogens (tertiary/aromatic N) is 5. The van der Waals surface area contributed by atoms with E-state index in [9.17, 15) is 4.79 Å². The van der Waals surface area contributed by atoms with Crippen molar-refractivity contribution >= 4 is 17.7 Å². The van der Waals surface area contributed by atoms with E-state index in [1.54, 1.807) is 32.4 Å². The fourth-order valence-electron chi connectivity index (χ4n) is 3.97. The fourth-order valence-corrected chi connectivity index (χ4v) is 3.97. The van der Waals surface area contributed by atoms with Gasteiger partial charge in [0.2, 0.25) is 5.95 Å². The molecule has 0 saturated carbocycles. The van der Waals surface area contributed by atoms with E-state index >= 15 is 0 Å². The van der Waals surface area contributed by atoms with Gasteiger partial charge < -0.3 is 28.9 Å². The monoisotopic (exact) mass is 427 g/mol. The number of aryl methyl sites for hydroxylation is 1. The van der Waals surface area contributed by atoms with Gasteiger partial charge in [-0.05, 0) is 19.1 Å². The second-order valence-corrected chi connectivity index (χ2v) is 7.59. The van der Waals surface area contributed by atoms with Gasteiger partial charge in [-0.3, -0.25) is 4.79 Å². The second kappa shape index (κ2) is 9.38. The number of ether oxygens (including phenoxy) is 3. The zero-order valence-corrected chi connectivity index (χ0v) is 18.3. The van der Waals surface area contributed by atoms with Crippen LogP contribution >= 0.6 is 0 Å². The molecule has 2 aliphatic heterocycles. The summed E-state index contributed by atoms with van der Waals surface area (Å²) in [7, 11) is 3.12. The molecule has 0 aliphatic carbocycles. The summed E-state index contributed by atoms with van der Waals surface area (Å²) in [6.45, 7) is 7.60. The van der Waals surface area contributed by atoms with Crippen LogP contribution in [0.15, 0.2) is 24.3 Å². The molecule has 1 amide bonds. The molecule has 31 heavy (non-hydrogen) atoms. The molecule has 9 heteroatoms. The van der Waals surface area contributed by atoms with E-state index < -0.39 is 0 Å². The van der Waals surface area contributed by atoms with Gasteiger partial charge in [0.05, 0.1) is 33.0 Å². The average molecular weight is 428 g/mol. The third kappa shape index (κ3) is 4.51. The third-order valence-corrected chi connectivity index (χ3v) is 5.65. The summed E-state index contributed by atoms with van der Waals surface area (Å²) in [4.78, 5) is 28.8. The largest absolute Gasteiger partial charge is 0.493 e. The van der Waals surface area contributed by atoms with E-state index in [4.69, 9.17) is 19.2 Å². The van der Waals surface area contributed by atoms with Gasteiger partial charge in [0.15, 0.2) is 11.5 Å². The van der Waals surface area contributed by atoms with Gasteiger partial charge in [0.25, 0.3) is 5.91 Å². The molecule has 1 aromatic carbocycles. The van der Waals surface area contributed by atoms with Gasteiger partial charge >= 0.3 is 0 Å². The summed E-state index contributed by atoms with van der Waals surface area (Å²) in [5, 5.41) is 0. The Kier molecular flexibility index (Phi) is 6.41. The van der Waals surface area contributed by atoms with Crippen LogP contribution in [0.2, 0.25) is 0 Å². The van der Waals surface area contributed by atoms with Crippen molar-refractivity contribution in [1.29, 1.82) is 0 Å². The quantitative estimate of drug-likeness (QED) is 0.712. The van der Waals surface area contributed by atoms with E-state index in [-0.39, 0.29) is 5.91 Å². The molecule has 4 rings (SSSR count). The maximum absolute atomic E-state index is 13.1. The Morgan fingerprint density at radius 2 is 1.71 bits per heavy atom. The number of anilines is 2. The molecule has 0 unspecified atom stereocenters. The van der Waals surface area contributed by atoms with Crippen molar-refractivity contribution in [3.63, 3.8) is 0 Å². The highest BCUT2D eigenvalue weighted by Gasteiger charge is 2.27. The average Bonchev–Trinajstić information content (AvgIpc) is 2.83. The lowest BCUT2D eigenvalue weighted by atomic mass is 10.1. The lowest BCUT2D eigenvalue weighted by molar-refractivity contribution is 0.0742. The molecular formula is C22H29N5O4. The number of methoxy groups -OCH3 is 2. The number of morpholine rings is 1. The van der Waals surface area contributed by atoms with Crippen LogP contribution in [0, 0.1) is 6.92 Å². The van der Waals surface area contributed by atoms with E-state index in [2.05, 4.69) is 14.8 Å². The highest BCUT2D eigenvalue weighted by molar-refractivity contribution is 5.98. The first-order valence-electron chi connectivity index (χ1n) is 10.5. The zero-order chi connectivity index (χ0) is 21.8.